The van der Waals surface area contributed by atoms with Crippen LogP contribution in [0.2, 0.25) is 0 Å². The predicted octanol–water partition coefficient (Wildman–Crippen LogP) is 4.10. The molecule has 1 unspecified atom stereocenters. The highest BCUT2D eigenvalue weighted by atomic mass is 19.4. The molecule has 6 heteroatoms. The Labute approximate surface area is 151 Å². The molecule has 0 radical (unpaired) electrons. The maximum absolute atomic E-state index is 13.7. The van der Waals surface area contributed by atoms with Gasteiger partial charge in [-0.3, -0.25) is 4.90 Å². The fourth-order valence-electron chi connectivity index (χ4n) is 3.57. The highest BCUT2D eigenvalue weighted by molar-refractivity contribution is 5.45. The van der Waals surface area contributed by atoms with Crippen LogP contribution in [0, 0.1) is 0 Å². The summed E-state index contributed by atoms with van der Waals surface area (Å²) in [5.41, 5.74) is 0.438. The van der Waals surface area contributed by atoms with Gasteiger partial charge in [0, 0.05) is 25.2 Å². The lowest BCUT2D eigenvalue weighted by Crippen LogP contribution is -2.34. The number of rotatable bonds is 4. The minimum atomic E-state index is -4.40. The zero-order valence-electron chi connectivity index (χ0n) is 14.7. The van der Waals surface area contributed by atoms with E-state index in [1.807, 2.05) is 18.2 Å². The van der Waals surface area contributed by atoms with Crippen molar-refractivity contribution in [2.75, 3.05) is 33.3 Å². The maximum atomic E-state index is 13.7. The van der Waals surface area contributed by atoms with Gasteiger partial charge in [0.1, 0.15) is 5.75 Å². The normalized spacial score (nSPS) is 17.5. The molecule has 0 aromatic heterocycles. The second kappa shape index (κ2) is 8.10. The third-order valence-electron chi connectivity index (χ3n) is 4.73. The monoisotopic (exact) mass is 364 g/mol. The number of halogens is 3. The molecule has 1 atom stereocenters. The summed E-state index contributed by atoms with van der Waals surface area (Å²) in [6, 6.07) is 12.7. The average molecular weight is 364 g/mol. The molecule has 1 fully saturated rings. The van der Waals surface area contributed by atoms with Crippen LogP contribution in [0.25, 0.3) is 0 Å². The molecule has 1 aliphatic heterocycles. The number of nitrogens with one attached hydrogen (secondary N) is 1. The van der Waals surface area contributed by atoms with Gasteiger partial charge >= 0.3 is 6.18 Å². The van der Waals surface area contributed by atoms with Crippen LogP contribution in [0.5, 0.6) is 5.75 Å². The van der Waals surface area contributed by atoms with Gasteiger partial charge in [-0.2, -0.15) is 13.2 Å². The molecular weight excluding hydrogens is 341 g/mol. The maximum Gasteiger partial charge on any atom is 0.416 e. The minimum Gasteiger partial charge on any atom is -0.496 e. The quantitative estimate of drug-likeness (QED) is 0.884. The molecule has 0 saturated carbocycles. The summed E-state index contributed by atoms with van der Waals surface area (Å²) >= 11 is 0. The van der Waals surface area contributed by atoms with Gasteiger partial charge in [-0.25, -0.2) is 0 Å². The minimum absolute atomic E-state index is 0.270. The molecule has 1 N–H and O–H groups in total. The van der Waals surface area contributed by atoms with Gasteiger partial charge in [0.2, 0.25) is 0 Å². The second-order valence-electron chi connectivity index (χ2n) is 6.37. The zero-order chi connectivity index (χ0) is 18.6. The SMILES string of the molecule is COc1ccccc1C(c1ccccc1C(F)(F)F)N1CCCNCC1. The largest absolute Gasteiger partial charge is 0.496 e. The highest BCUT2D eigenvalue weighted by Gasteiger charge is 2.37. The van der Waals surface area contributed by atoms with Gasteiger partial charge in [-0.15, -0.1) is 0 Å². The standard InChI is InChI=1S/C20H23F3N2O/c1-26-18-10-5-3-8-16(18)19(25-13-6-11-24-12-14-25)15-7-2-4-9-17(15)20(21,22)23/h2-5,7-10,19,24H,6,11-14H2,1H3. The molecule has 26 heavy (non-hydrogen) atoms. The molecule has 1 heterocycles. The molecule has 3 nitrogen and oxygen atoms in total. The van der Waals surface area contributed by atoms with E-state index in [4.69, 9.17) is 4.74 Å². The van der Waals surface area contributed by atoms with Gasteiger partial charge in [-0.1, -0.05) is 36.4 Å². The van der Waals surface area contributed by atoms with Crippen molar-refractivity contribution in [3.05, 3.63) is 65.2 Å². The number of hydrogen-bond acceptors (Lipinski definition) is 3. The van der Waals surface area contributed by atoms with Crippen LogP contribution in [0.15, 0.2) is 48.5 Å². The second-order valence-corrected chi connectivity index (χ2v) is 6.37. The summed E-state index contributed by atoms with van der Waals surface area (Å²) < 4.78 is 46.5. The van der Waals surface area contributed by atoms with Crippen LogP contribution in [0.3, 0.4) is 0 Å². The Morgan fingerprint density at radius 1 is 0.962 bits per heavy atom. The van der Waals surface area contributed by atoms with E-state index in [2.05, 4.69) is 10.2 Å². The van der Waals surface area contributed by atoms with Crippen molar-refractivity contribution in [2.24, 2.45) is 0 Å². The van der Waals surface area contributed by atoms with E-state index in [1.165, 1.54) is 6.07 Å². The Hall–Kier alpha value is -2.05. The molecule has 2 aromatic rings. The molecule has 1 saturated heterocycles. The molecule has 0 bridgehead atoms. The van der Waals surface area contributed by atoms with Gasteiger partial charge in [0.15, 0.2) is 0 Å². The van der Waals surface area contributed by atoms with E-state index in [1.54, 1.807) is 25.3 Å². The molecule has 140 valence electrons. The lowest BCUT2D eigenvalue weighted by atomic mass is 9.92. The first-order valence-electron chi connectivity index (χ1n) is 8.76. The van der Waals surface area contributed by atoms with Gasteiger partial charge in [0.05, 0.1) is 18.7 Å². The Bertz CT molecular complexity index is 725. The molecule has 0 amide bonds. The van der Waals surface area contributed by atoms with Crippen molar-refractivity contribution in [1.82, 2.24) is 10.2 Å². The Balaban J connectivity index is 2.15. The van der Waals surface area contributed by atoms with Crippen molar-refractivity contribution in [2.45, 2.75) is 18.6 Å². The van der Waals surface area contributed by atoms with Crippen molar-refractivity contribution in [3.8, 4) is 5.75 Å². The fourth-order valence-corrected chi connectivity index (χ4v) is 3.57. The van der Waals surface area contributed by atoms with Crippen LogP contribution in [0.4, 0.5) is 13.2 Å². The average Bonchev–Trinajstić information content (AvgIpc) is 2.91. The number of alkyl halides is 3. The van der Waals surface area contributed by atoms with Crippen LogP contribution in [-0.2, 0) is 6.18 Å². The number of nitrogens with zero attached hydrogens (tertiary/aromatic N) is 1. The molecule has 0 aliphatic carbocycles. The van der Waals surface area contributed by atoms with Crippen LogP contribution in [0.1, 0.15) is 29.2 Å². The first-order valence-corrected chi connectivity index (χ1v) is 8.76. The van der Waals surface area contributed by atoms with E-state index in [-0.39, 0.29) is 5.56 Å². The van der Waals surface area contributed by atoms with E-state index in [9.17, 15) is 13.2 Å². The third-order valence-corrected chi connectivity index (χ3v) is 4.73. The first-order chi connectivity index (χ1) is 12.5. The number of hydrogen-bond donors (Lipinski definition) is 1. The topological polar surface area (TPSA) is 24.5 Å². The molecule has 0 spiro atoms. The van der Waals surface area contributed by atoms with E-state index >= 15 is 0 Å². The Morgan fingerprint density at radius 2 is 1.65 bits per heavy atom. The summed E-state index contributed by atoms with van der Waals surface area (Å²) in [5, 5.41) is 3.31. The summed E-state index contributed by atoms with van der Waals surface area (Å²) in [6.45, 7) is 3.02. The van der Waals surface area contributed by atoms with Crippen LogP contribution >= 0.6 is 0 Å². The number of methoxy groups -OCH3 is 1. The van der Waals surface area contributed by atoms with Crippen molar-refractivity contribution < 1.29 is 17.9 Å². The number of para-hydroxylation sites is 1. The van der Waals surface area contributed by atoms with Crippen LogP contribution in [-0.4, -0.2) is 38.2 Å². The highest BCUT2D eigenvalue weighted by Crippen LogP contribution is 2.41. The number of benzene rings is 2. The van der Waals surface area contributed by atoms with Crippen LogP contribution < -0.4 is 10.1 Å². The third kappa shape index (κ3) is 4.02. The van der Waals surface area contributed by atoms with Gasteiger partial charge < -0.3 is 10.1 Å². The van der Waals surface area contributed by atoms with Gasteiger partial charge in [-0.05, 0) is 30.7 Å². The summed E-state index contributed by atoms with van der Waals surface area (Å²) in [5.74, 6) is 0.603. The Morgan fingerprint density at radius 3 is 2.38 bits per heavy atom. The molecule has 3 rings (SSSR count). The molecular formula is C20H23F3N2O. The Kier molecular flexibility index (Phi) is 5.84. The van der Waals surface area contributed by atoms with Crippen molar-refractivity contribution in [1.29, 1.82) is 0 Å². The smallest absolute Gasteiger partial charge is 0.416 e. The number of ether oxygens (including phenoxy) is 1. The van der Waals surface area contributed by atoms with E-state index in [0.29, 0.717) is 12.3 Å². The van der Waals surface area contributed by atoms with Gasteiger partial charge in [0.25, 0.3) is 0 Å². The first kappa shape index (κ1) is 18.7. The predicted molar refractivity (Wildman–Crippen MR) is 95.3 cm³/mol. The van der Waals surface area contributed by atoms with Crippen molar-refractivity contribution in [3.63, 3.8) is 0 Å². The van der Waals surface area contributed by atoms with E-state index in [0.717, 1.165) is 37.7 Å². The van der Waals surface area contributed by atoms with Crippen molar-refractivity contribution >= 4 is 0 Å². The lowest BCUT2D eigenvalue weighted by molar-refractivity contribution is -0.138. The molecule has 1 aliphatic rings. The summed E-state index contributed by atoms with van der Waals surface area (Å²) in [6.07, 6.45) is -3.51. The zero-order valence-corrected chi connectivity index (χ0v) is 14.7. The summed E-state index contributed by atoms with van der Waals surface area (Å²) in [4.78, 5) is 2.11. The lowest BCUT2D eigenvalue weighted by Gasteiger charge is -2.33. The molecule has 2 aromatic carbocycles. The van der Waals surface area contributed by atoms with E-state index < -0.39 is 17.8 Å². The fraction of sp³-hybridized carbons (Fsp3) is 0.400. The summed E-state index contributed by atoms with van der Waals surface area (Å²) in [7, 11) is 1.55.